The predicted octanol–water partition coefficient (Wildman–Crippen LogP) is 0.898. The Morgan fingerprint density at radius 2 is 1.65 bits per heavy atom. The van der Waals surface area contributed by atoms with E-state index in [1.807, 2.05) is 20.8 Å². The van der Waals surface area contributed by atoms with Crippen molar-refractivity contribution in [1.82, 2.24) is 4.90 Å². The highest BCUT2D eigenvalue weighted by Crippen LogP contribution is 2.33. The lowest BCUT2D eigenvalue weighted by atomic mass is 10.0. The molecular formula is C11H19NO4S. The van der Waals surface area contributed by atoms with Crippen LogP contribution in [0.3, 0.4) is 0 Å². The SMILES string of the molecule is CC(C)(C)OC(=O)N1C[C@@H]2CS(=O)(=O)C[C@@H]2C1. The van der Waals surface area contributed by atoms with Gasteiger partial charge in [0.25, 0.3) is 0 Å². The van der Waals surface area contributed by atoms with Gasteiger partial charge in [0.1, 0.15) is 5.60 Å². The average molecular weight is 261 g/mol. The fourth-order valence-corrected chi connectivity index (χ4v) is 4.71. The third-order valence-electron chi connectivity index (χ3n) is 3.16. The van der Waals surface area contributed by atoms with E-state index < -0.39 is 15.4 Å². The number of amides is 1. The molecule has 2 atom stereocenters. The van der Waals surface area contributed by atoms with Gasteiger partial charge in [-0.2, -0.15) is 0 Å². The Hall–Kier alpha value is -0.780. The lowest BCUT2D eigenvalue weighted by Gasteiger charge is -2.24. The maximum atomic E-state index is 11.8. The van der Waals surface area contributed by atoms with Crippen LogP contribution in [-0.4, -0.2) is 49.6 Å². The Morgan fingerprint density at radius 1 is 1.18 bits per heavy atom. The van der Waals surface area contributed by atoms with Gasteiger partial charge >= 0.3 is 6.09 Å². The summed E-state index contributed by atoms with van der Waals surface area (Å²) in [5.74, 6) is 0.647. The van der Waals surface area contributed by atoms with Crippen LogP contribution >= 0.6 is 0 Å². The number of fused-ring (bicyclic) bond motifs is 1. The molecule has 0 radical (unpaired) electrons. The van der Waals surface area contributed by atoms with Crippen molar-refractivity contribution in [2.75, 3.05) is 24.6 Å². The summed E-state index contributed by atoms with van der Waals surface area (Å²) in [5, 5.41) is 0. The van der Waals surface area contributed by atoms with Crippen LogP contribution in [0.25, 0.3) is 0 Å². The minimum atomic E-state index is -2.87. The zero-order chi connectivity index (χ0) is 12.8. The summed E-state index contributed by atoms with van der Waals surface area (Å²) in [6.45, 7) is 6.50. The number of ether oxygens (including phenoxy) is 1. The van der Waals surface area contributed by atoms with Crippen molar-refractivity contribution < 1.29 is 17.9 Å². The van der Waals surface area contributed by atoms with Crippen LogP contribution in [0.4, 0.5) is 4.79 Å². The molecule has 0 bridgehead atoms. The Balaban J connectivity index is 1.95. The smallest absolute Gasteiger partial charge is 0.410 e. The van der Waals surface area contributed by atoms with E-state index in [-0.39, 0.29) is 29.4 Å². The number of sulfone groups is 1. The van der Waals surface area contributed by atoms with Gasteiger partial charge in [0.05, 0.1) is 11.5 Å². The van der Waals surface area contributed by atoms with Crippen molar-refractivity contribution in [2.24, 2.45) is 11.8 Å². The van der Waals surface area contributed by atoms with E-state index in [1.54, 1.807) is 4.90 Å². The van der Waals surface area contributed by atoms with Crippen LogP contribution in [-0.2, 0) is 14.6 Å². The molecule has 0 aromatic carbocycles. The van der Waals surface area contributed by atoms with Crippen molar-refractivity contribution in [3.05, 3.63) is 0 Å². The molecule has 2 aliphatic rings. The molecule has 0 N–H and O–H groups in total. The van der Waals surface area contributed by atoms with Crippen LogP contribution in [0.1, 0.15) is 20.8 Å². The number of carbonyl (C=O) groups excluding carboxylic acids is 1. The van der Waals surface area contributed by atoms with Crippen LogP contribution in [0.2, 0.25) is 0 Å². The molecule has 0 aromatic rings. The second kappa shape index (κ2) is 3.86. The van der Waals surface area contributed by atoms with Crippen molar-refractivity contribution in [3.8, 4) is 0 Å². The van der Waals surface area contributed by atoms with Gasteiger partial charge in [0, 0.05) is 13.1 Å². The van der Waals surface area contributed by atoms with E-state index in [1.165, 1.54) is 0 Å². The minimum Gasteiger partial charge on any atom is -0.444 e. The van der Waals surface area contributed by atoms with E-state index in [4.69, 9.17) is 4.74 Å². The second-order valence-electron chi connectivity index (χ2n) is 5.98. The van der Waals surface area contributed by atoms with Gasteiger partial charge in [-0.15, -0.1) is 0 Å². The quantitative estimate of drug-likeness (QED) is 0.650. The number of hydrogen-bond acceptors (Lipinski definition) is 4. The van der Waals surface area contributed by atoms with E-state index in [0.717, 1.165) is 0 Å². The Labute approximate surface area is 102 Å². The molecule has 98 valence electrons. The number of carbonyl (C=O) groups is 1. The van der Waals surface area contributed by atoms with Gasteiger partial charge < -0.3 is 9.64 Å². The van der Waals surface area contributed by atoms with Crippen molar-refractivity contribution in [1.29, 1.82) is 0 Å². The fraction of sp³-hybridized carbons (Fsp3) is 0.909. The molecule has 5 nitrogen and oxygen atoms in total. The zero-order valence-corrected chi connectivity index (χ0v) is 11.3. The molecule has 1 amide bonds. The number of likely N-dealkylation sites (tertiary alicyclic amines) is 1. The normalized spacial score (nSPS) is 31.4. The van der Waals surface area contributed by atoms with E-state index >= 15 is 0 Å². The van der Waals surface area contributed by atoms with Gasteiger partial charge in [-0.25, -0.2) is 13.2 Å². The maximum absolute atomic E-state index is 11.8. The Morgan fingerprint density at radius 3 is 2.06 bits per heavy atom. The Kier molecular flexibility index (Phi) is 2.88. The standard InChI is InChI=1S/C11H19NO4S/c1-11(2,3)16-10(13)12-4-8-6-17(14,15)7-9(8)5-12/h8-9H,4-7H2,1-3H3/t8-,9+. The molecule has 0 aliphatic carbocycles. The third kappa shape index (κ3) is 2.91. The first-order chi connectivity index (χ1) is 7.66. The first-order valence-corrected chi connectivity index (χ1v) is 7.67. The van der Waals surface area contributed by atoms with Crippen LogP contribution < -0.4 is 0 Å². The minimum absolute atomic E-state index is 0.104. The molecule has 17 heavy (non-hydrogen) atoms. The molecule has 2 rings (SSSR count). The molecule has 2 fully saturated rings. The zero-order valence-electron chi connectivity index (χ0n) is 10.5. The summed E-state index contributed by atoms with van der Waals surface area (Å²) in [4.78, 5) is 13.4. The Bertz CT molecular complexity index is 403. The lowest BCUT2D eigenvalue weighted by Crippen LogP contribution is -2.36. The van der Waals surface area contributed by atoms with Crippen LogP contribution in [0, 0.1) is 11.8 Å². The van der Waals surface area contributed by atoms with Crippen LogP contribution in [0.5, 0.6) is 0 Å². The van der Waals surface area contributed by atoms with Gasteiger partial charge in [-0.1, -0.05) is 0 Å². The molecule has 0 spiro atoms. The molecule has 0 unspecified atom stereocenters. The highest BCUT2D eigenvalue weighted by molar-refractivity contribution is 7.91. The van der Waals surface area contributed by atoms with Crippen molar-refractivity contribution in [2.45, 2.75) is 26.4 Å². The molecule has 2 aliphatic heterocycles. The highest BCUT2D eigenvalue weighted by Gasteiger charge is 2.45. The van der Waals surface area contributed by atoms with Gasteiger partial charge in [0.15, 0.2) is 9.84 Å². The summed E-state index contributed by atoms with van der Waals surface area (Å²) in [6.07, 6.45) is -0.329. The van der Waals surface area contributed by atoms with Crippen molar-refractivity contribution in [3.63, 3.8) is 0 Å². The molecule has 2 heterocycles. The largest absolute Gasteiger partial charge is 0.444 e. The summed E-state index contributed by atoms with van der Waals surface area (Å²) < 4.78 is 28.1. The number of rotatable bonds is 0. The number of nitrogens with zero attached hydrogens (tertiary/aromatic N) is 1. The predicted molar refractivity (Wildman–Crippen MR) is 63.4 cm³/mol. The molecular weight excluding hydrogens is 242 g/mol. The van der Waals surface area contributed by atoms with Crippen molar-refractivity contribution >= 4 is 15.9 Å². The summed E-state index contributed by atoms with van der Waals surface area (Å²) >= 11 is 0. The summed E-state index contributed by atoms with van der Waals surface area (Å²) in [6, 6.07) is 0. The third-order valence-corrected chi connectivity index (χ3v) is 5.04. The van der Waals surface area contributed by atoms with Gasteiger partial charge in [-0.05, 0) is 32.6 Å². The molecule has 0 aromatic heterocycles. The monoisotopic (exact) mass is 261 g/mol. The molecule has 2 saturated heterocycles. The van der Waals surface area contributed by atoms with E-state index in [9.17, 15) is 13.2 Å². The fourth-order valence-electron chi connectivity index (χ4n) is 2.51. The summed E-state index contributed by atoms with van der Waals surface area (Å²) in [5.41, 5.74) is -0.499. The first kappa shape index (κ1) is 12.7. The van der Waals surface area contributed by atoms with E-state index in [2.05, 4.69) is 0 Å². The highest BCUT2D eigenvalue weighted by atomic mass is 32.2. The second-order valence-corrected chi connectivity index (χ2v) is 8.14. The van der Waals surface area contributed by atoms with Gasteiger partial charge in [0.2, 0.25) is 0 Å². The van der Waals surface area contributed by atoms with Gasteiger partial charge in [-0.3, -0.25) is 0 Å². The first-order valence-electron chi connectivity index (χ1n) is 5.85. The maximum Gasteiger partial charge on any atom is 0.410 e. The summed E-state index contributed by atoms with van der Waals surface area (Å²) in [7, 11) is -2.87. The molecule has 0 saturated carbocycles. The average Bonchev–Trinajstić information content (AvgIpc) is 2.53. The lowest BCUT2D eigenvalue weighted by molar-refractivity contribution is 0.0285. The molecule has 6 heteroatoms. The van der Waals surface area contributed by atoms with Crippen LogP contribution in [0.15, 0.2) is 0 Å². The van der Waals surface area contributed by atoms with E-state index in [0.29, 0.717) is 13.1 Å². The number of hydrogen-bond donors (Lipinski definition) is 0. The topological polar surface area (TPSA) is 63.7 Å².